The normalized spacial score (nSPS) is 13.5. The summed E-state index contributed by atoms with van der Waals surface area (Å²) in [5.74, 6) is 0. The molecule has 0 saturated heterocycles. The van der Waals surface area contributed by atoms with E-state index in [1.165, 1.54) is 19.3 Å². The average molecular weight is 202 g/mol. The van der Waals surface area contributed by atoms with E-state index in [4.69, 9.17) is 10.5 Å². The van der Waals surface area contributed by atoms with Crippen LogP contribution in [0.5, 0.6) is 0 Å². The van der Waals surface area contributed by atoms with Gasteiger partial charge < -0.3 is 10.5 Å². The SMILES string of the molecule is CCCCC(CN)N(CC)CCOC. The maximum absolute atomic E-state index is 5.78. The third kappa shape index (κ3) is 5.58. The Labute approximate surface area is 88.6 Å². The second kappa shape index (κ2) is 9.44. The van der Waals surface area contributed by atoms with Gasteiger partial charge in [0.1, 0.15) is 0 Å². The summed E-state index contributed by atoms with van der Waals surface area (Å²) >= 11 is 0. The van der Waals surface area contributed by atoms with Gasteiger partial charge in [0.15, 0.2) is 0 Å². The van der Waals surface area contributed by atoms with Crippen molar-refractivity contribution in [1.29, 1.82) is 0 Å². The lowest BCUT2D eigenvalue weighted by molar-refractivity contribution is 0.121. The Kier molecular flexibility index (Phi) is 9.35. The molecule has 0 aliphatic rings. The second-order valence-electron chi connectivity index (χ2n) is 3.65. The van der Waals surface area contributed by atoms with Gasteiger partial charge in [-0.25, -0.2) is 0 Å². The van der Waals surface area contributed by atoms with Crippen LogP contribution < -0.4 is 5.73 Å². The highest BCUT2D eigenvalue weighted by molar-refractivity contribution is 4.71. The van der Waals surface area contributed by atoms with E-state index in [1.807, 2.05) is 0 Å². The van der Waals surface area contributed by atoms with Gasteiger partial charge in [-0.15, -0.1) is 0 Å². The van der Waals surface area contributed by atoms with E-state index >= 15 is 0 Å². The van der Waals surface area contributed by atoms with E-state index in [2.05, 4.69) is 18.7 Å². The predicted molar refractivity (Wildman–Crippen MR) is 61.5 cm³/mol. The molecule has 1 unspecified atom stereocenters. The number of hydrogen-bond donors (Lipinski definition) is 1. The molecule has 0 aromatic rings. The molecule has 0 fully saturated rings. The number of unbranched alkanes of at least 4 members (excludes halogenated alkanes) is 1. The summed E-state index contributed by atoms with van der Waals surface area (Å²) in [4.78, 5) is 2.42. The van der Waals surface area contributed by atoms with Gasteiger partial charge in [0.05, 0.1) is 6.61 Å². The maximum atomic E-state index is 5.78. The molecule has 0 aliphatic heterocycles. The van der Waals surface area contributed by atoms with Crippen molar-refractivity contribution in [3.05, 3.63) is 0 Å². The zero-order chi connectivity index (χ0) is 10.8. The first-order valence-electron chi connectivity index (χ1n) is 5.73. The fraction of sp³-hybridized carbons (Fsp3) is 1.00. The van der Waals surface area contributed by atoms with Gasteiger partial charge in [-0.2, -0.15) is 0 Å². The monoisotopic (exact) mass is 202 g/mol. The number of nitrogens with two attached hydrogens (primary N) is 1. The molecule has 14 heavy (non-hydrogen) atoms. The van der Waals surface area contributed by atoms with Crippen molar-refractivity contribution in [2.75, 3.05) is 33.4 Å². The van der Waals surface area contributed by atoms with Crippen molar-refractivity contribution in [2.24, 2.45) is 5.73 Å². The second-order valence-corrected chi connectivity index (χ2v) is 3.65. The number of hydrogen-bond acceptors (Lipinski definition) is 3. The first kappa shape index (κ1) is 13.9. The largest absolute Gasteiger partial charge is 0.383 e. The minimum Gasteiger partial charge on any atom is -0.383 e. The van der Waals surface area contributed by atoms with E-state index < -0.39 is 0 Å². The van der Waals surface area contributed by atoms with Gasteiger partial charge in [-0.3, -0.25) is 4.90 Å². The number of rotatable bonds is 9. The van der Waals surface area contributed by atoms with Crippen LogP contribution in [0.1, 0.15) is 33.1 Å². The molecule has 0 aliphatic carbocycles. The Hall–Kier alpha value is -0.120. The van der Waals surface area contributed by atoms with Crippen molar-refractivity contribution in [2.45, 2.75) is 39.2 Å². The molecule has 0 aromatic carbocycles. The van der Waals surface area contributed by atoms with E-state index in [-0.39, 0.29) is 0 Å². The molecule has 0 spiro atoms. The summed E-state index contributed by atoms with van der Waals surface area (Å²) in [6.45, 7) is 8.03. The Morgan fingerprint density at radius 3 is 2.50 bits per heavy atom. The highest BCUT2D eigenvalue weighted by atomic mass is 16.5. The lowest BCUT2D eigenvalue weighted by atomic mass is 10.1. The smallest absolute Gasteiger partial charge is 0.0589 e. The molecule has 3 nitrogen and oxygen atoms in total. The molecule has 1 atom stereocenters. The average Bonchev–Trinajstić information content (AvgIpc) is 2.23. The predicted octanol–water partition coefficient (Wildman–Crippen LogP) is 1.47. The Morgan fingerprint density at radius 1 is 1.36 bits per heavy atom. The van der Waals surface area contributed by atoms with Gasteiger partial charge >= 0.3 is 0 Å². The van der Waals surface area contributed by atoms with Crippen LogP contribution in [0.15, 0.2) is 0 Å². The maximum Gasteiger partial charge on any atom is 0.0589 e. The first-order valence-corrected chi connectivity index (χ1v) is 5.73. The van der Waals surface area contributed by atoms with Crippen molar-refractivity contribution in [3.63, 3.8) is 0 Å². The summed E-state index contributed by atoms with van der Waals surface area (Å²) < 4.78 is 5.09. The molecule has 3 heteroatoms. The topological polar surface area (TPSA) is 38.5 Å². The van der Waals surface area contributed by atoms with Crippen LogP contribution in [-0.4, -0.2) is 44.3 Å². The van der Waals surface area contributed by atoms with Crippen molar-refractivity contribution in [3.8, 4) is 0 Å². The highest BCUT2D eigenvalue weighted by Gasteiger charge is 2.13. The van der Waals surface area contributed by atoms with Crippen LogP contribution in [-0.2, 0) is 4.74 Å². The number of methoxy groups -OCH3 is 1. The third-order valence-corrected chi connectivity index (χ3v) is 2.67. The standard InChI is InChI=1S/C11H26N2O/c1-4-6-7-11(10-12)13(5-2)8-9-14-3/h11H,4-10,12H2,1-3H3. The van der Waals surface area contributed by atoms with Crippen LogP contribution in [0, 0.1) is 0 Å². The molecule has 0 amide bonds. The summed E-state index contributed by atoms with van der Waals surface area (Å²) in [6, 6.07) is 0.537. The number of likely N-dealkylation sites (N-methyl/N-ethyl adjacent to an activating group) is 1. The fourth-order valence-electron chi connectivity index (χ4n) is 1.70. The summed E-state index contributed by atoms with van der Waals surface area (Å²) in [7, 11) is 1.75. The van der Waals surface area contributed by atoms with Crippen molar-refractivity contribution >= 4 is 0 Å². The minimum absolute atomic E-state index is 0.537. The van der Waals surface area contributed by atoms with E-state index in [0.29, 0.717) is 6.04 Å². The van der Waals surface area contributed by atoms with Gasteiger partial charge in [0.25, 0.3) is 0 Å². The molecule has 0 aromatic heterocycles. The summed E-state index contributed by atoms with van der Waals surface area (Å²) in [6.07, 6.45) is 3.73. The lowest BCUT2D eigenvalue weighted by Crippen LogP contribution is -2.42. The molecule has 0 heterocycles. The van der Waals surface area contributed by atoms with Crippen LogP contribution in [0.4, 0.5) is 0 Å². The molecule has 86 valence electrons. The zero-order valence-electron chi connectivity index (χ0n) is 9.96. The van der Waals surface area contributed by atoms with Gasteiger partial charge in [0.2, 0.25) is 0 Å². The lowest BCUT2D eigenvalue weighted by Gasteiger charge is -2.29. The molecule has 2 N–H and O–H groups in total. The van der Waals surface area contributed by atoms with Gasteiger partial charge in [-0.1, -0.05) is 26.7 Å². The van der Waals surface area contributed by atoms with Crippen molar-refractivity contribution in [1.82, 2.24) is 4.90 Å². The molecule has 0 saturated carbocycles. The highest BCUT2D eigenvalue weighted by Crippen LogP contribution is 2.07. The quantitative estimate of drug-likeness (QED) is 0.615. The van der Waals surface area contributed by atoms with Gasteiger partial charge in [0, 0.05) is 26.2 Å². The Morgan fingerprint density at radius 2 is 2.07 bits per heavy atom. The molecular weight excluding hydrogens is 176 g/mol. The van der Waals surface area contributed by atoms with Crippen LogP contribution in [0.25, 0.3) is 0 Å². The number of ether oxygens (including phenoxy) is 1. The van der Waals surface area contributed by atoms with E-state index in [0.717, 1.165) is 26.2 Å². The fourth-order valence-corrected chi connectivity index (χ4v) is 1.70. The van der Waals surface area contributed by atoms with E-state index in [9.17, 15) is 0 Å². The Balaban J connectivity index is 3.87. The summed E-state index contributed by atoms with van der Waals surface area (Å²) in [5, 5.41) is 0. The number of nitrogens with zero attached hydrogens (tertiary/aromatic N) is 1. The molecule has 0 radical (unpaired) electrons. The van der Waals surface area contributed by atoms with Crippen molar-refractivity contribution < 1.29 is 4.74 Å². The van der Waals surface area contributed by atoms with E-state index in [1.54, 1.807) is 7.11 Å². The summed E-state index contributed by atoms with van der Waals surface area (Å²) in [5.41, 5.74) is 5.78. The minimum atomic E-state index is 0.537. The molecule has 0 rings (SSSR count). The molecular formula is C11H26N2O. The zero-order valence-corrected chi connectivity index (χ0v) is 9.96. The Bertz CT molecular complexity index is 106. The van der Waals surface area contributed by atoms with Crippen LogP contribution >= 0.6 is 0 Å². The van der Waals surface area contributed by atoms with Gasteiger partial charge in [-0.05, 0) is 13.0 Å². The van der Waals surface area contributed by atoms with Crippen LogP contribution in [0.3, 0.4) is 0 Å². The van der Waals surface area contributed by atoms with Crippen LogP contribution in [0.2, 0.25) is 0 Å². The first-order chi connectivity index (χ1) is 6.79. The third-order valence-electron chi connectivity index (χ3n) is 2.67. The molecule has 0 bridgehead atoms.